The van der Waals surface area contributed by atoms with Gasteiger partial charge >= 0.3 is 0 Å². The summed E-state index contributed by atoms with van der Waals surface area (Å²) in [5.74, 6) is 2.89. The van der Waals surface area contributed by atoms with Crippen LogP contribution < -0.4 is 10.6 Å². The zero-order valence-electron chi connectivity index (χ0n) is 11.7. The Bertz CT molecular complexity index is 461. The van der Waals surface area contributed by atoms with Crippen LogP contribution in [-0.2, 0) is 0 Å². The van der Waals surface area contributed by atoms with Gasteiger partial charge in [0.25, 0.3) is 0 Å². The number of anilines is 2. The monoisotopic (exact) mass is 257 g/mol. The minimum Gasteiger partial charge on any atom is -0.397 e. The Morgan fingerprint density at radius 1 is 1.16 bits per heavy atom. The second-order valence-corrected chi connectivity index (χ2v) is 7.14. The highest BCUT2D eigenvalue weighted by Gasteiger charge is 2.53. The van der Waals surface area contributed by atoms with E-state index in [2.05, 4.69) is 16.9 Å². The van der Waals surface area contributed by atoms with E-state index >= 15 is 0 Å². The molecule has 1 aromatic rings. The van der Waals surface area contributed by atoms with Gasteiger partial charge in [0.1, 0.15) is 0 Å². The molecular formula is C16H23N3. The lowest BCUT2D eigenvalue weighted by atomic mass is 9.52. The molecule has 0 unspecified atom stereocenters. The molecule has 1 aromatic heterocycles. The Morgan fingerprint density at radius 3 is 2.26 bits per heavy atom. The number of rotatable bonds is 2. The van der Waals surface area contributed by atoms with Crippen molar-refractivity contribution >= 4 is 11.4 Å². The van der Waals surface area contributed by atoms with E-state index in [1.807, 2.05) is 12.3 Å². The van der Waals surface area contributed by atoms with Crippen molar-refractivity contribution in [2.75, 3.05) is 17.7 Å². The highest BCUT2D eigenvalue weighted by molar-refractivity contribution is 5.67. The Balaban J connectivity index is 1.70. The van der Waals surface area contributed by atoms with Crippen molar-refractivity contribution in [1.29, 1.82) is 0 Å². The Labute approximate surface area is 115 Å². The summed E-state index contributed by atoms with van der Waals surface area (Å²) in [4.78, 5) is 6.74. The maximum Gasteiger partial charge on any atom is 0.0788 e. The average molecular weight is 257 g/mol. The van der Waals surface area contributed by atoms with Gasteiger partial charge in [-0.2, -0.15) is 0 Å². The molecule has 4 bridgehead atoms. The summed E-state index contributed by atoms with van der Waals surface area (Å²) in [5.41, 5.74) is 8.52. The Kier molecular flexibility index (Phi) is 2.36. The number of hydrogen-bond acceptors (Lipinski definition) is 3. The van der Waals surface area contributed by atoms with Crippen LogP contribution in [0.15, 0.2) is 18.5 Å². The predicted molar refractivity (Wildman–Crippen MR) is 78.0 cm³/mol. The molecule has 0 amide bonds. The van der Waals surface area contributed by atoms with Crippen LogP contribution in [-0.4, -0.2) is 17.6 Å². The van der Waals surface area contributed by atoms with Crippen molar-refractivity contribution in [1.82, 2.24) is 4.98 Å². The molecule has 0 radical (unpaired) electrons. The van der Waals surface area contributed by atoms with Crippen molar-refractivity contribution in [3.05, 3.63) is 18.5 Å². The molecule has 0 aliphatic heterocycles. The van der Waals surface area contributed by atoms with E-state index < -0.39 is 0 Å². The van der Waals surface area contributed by atoms with Crippen molar-refractivity contribution in [3.63, 3.8) is 0 Å². The zero-order chi connectivity index (χ0) is 13.0. The van der Waals surface area contributed by atoms with Crippen LogP contribution >= 0.6 is 0 Å². The second kappa shape index (κ2) is 3.87. The molecule has 4 saturated carbocycles. The Morgan fingerprint density at radius 2 is 1.74 bits per heavy atom. The van der Waals surface area contributed by atoms with Crippen molar-refractivity contribution in [2.24, 2.45) is 17.8 Å². The van der Waals surface area contributed by atoms with Crippen LogP contribution in [0.4, 0.5) is 11.4 Å². The summed E-state index contributed by atoms with van der Waals surface area (Å²) in [6.45, 7) is 0. The van der Waals surface area contributed by atoms with Gasteiger partial charge in [0.2, 0.25) is 0 Å². The van der Waals surface area contributed by atoms with Crippen molar-refractivity contribution in [3.8, 4) is 0 Å². The largest absolute Gasteiger partial charge is 0.397 e. The van der Waals surface area contributed by atoms with E-state index in [0.29, 0.717) is 5.54 Å². The first-order valence-corrected chi connectivity index (χ1v) is 7.60. The van der Waals surface area contributed by atoms with Gasteiger partial charge < -0.3 is 10.6 Å². The number of nitrogens with two attached hydrogens (primary N) is 1. The maximum atomic E-state index is 6.16. The molecule has 3 heteroatoms. The molecule has 2 N–H and O–H groups in total. The molecule has 0 spiro atoms. The number of aromatic nitrogens is 1. The lowest BCUT2D eigenvalue weighted by Crippen LogP contribution is -2.59. The summed E-state index contributed by atoms with van der Waals surface area (Å²) < 4.78 is 0. The smallest absolute Gasteiger partial charge is 0.0788 e. The summed E-state index contributed by atoms with van der Waals surface area (Å²) in [6.07, 6.45) is 12.3. The second-order valence-electron chi connectivity index (χ2n) is 7.14. The van der Waals surface area contributed by atoms with E-state index in [1.54, 1.807) is 6.20 Å². The number of hydrogen-bond donors (Lipinski definition) is 1. The van der Waals surface area contributed by atoms with Gasteiger partial charge in [0.15, 0.2) is 0 Å². The van der Waals surface area contributed by atoms with Crippen LogP contribution in [0.2, 0.25) is 0 Å². The fourth-order valence-electron chi connectivity index (χ4n) is 5.41. The van der Waals surface area contributed by atoms with Gasteiger partial charge in [-0.05, 0) is 62.3 Å². The van der Waals surface area contributed by atoms with Crippen LogP contribution in [0.1, 0.15) is 38.5 Å². The third kappa shape index (κ3) is 1.67. The summed E-state index contributed by atoms with van der Waals surface area (Å²) >= 11 is 0. The molecule has 4 aliphatic rings. The first-order valence-electron chi connectivity index (χ1n) is 7.60. The minimum atomic E-state index is 0.367. The summed E-state index contributed by atoms with van der Waals surface area (Å²) in [5, 5.41) is 0. The molecule has 0 aromatic carbocycles. The molecular weight excluding hydrogens is 234 g/mol. The molecule has 102 valence electrons. The maximum absolute atomic E-state index is 6.16. The molecule has 1 heterocycles. The van der Waals surface area contributed by atoms with Crippen molar-refractivity contribution < 1.29 is 0 Å². The van der Waals surface area contributed by atoms with Crippen LogP contribution in [0, 0.1) is 17.8 Å². The van der Waals surface area contributed by atoms with E-state index in [4.69, 9.17) is 5.73 Å². The van der Waals surface area contributed by atoms with Gasteiger partial charge in [0.05, 0.1) is 17.6 Å². The quantitative estimate of drug-likeness (QED) is 0.885. The standard InChI is InChI=1S/C16H23N3/c1-19(15-10-18-3-2-14(15)17)16-7-11-4-12(8-16)6-13(5-11)9-16/h2-3,10-13H,4-9H2,1H3,(H2,17,18). The molecule has 4 fully saturated rings. The van der Waals surface area contributed by atoms with Crippen molar-refractivity contribution in [2.45, 2.75) is 44.1 Å². The third-order valence-corrected chi connectivity index (χ3v) is 5.91. The van der Waals surface area contributed by atoms with Gasteiger partial charge in [-0.1, -0.05) is 0 Å². The fraction of sp³-hybridized carbons (Fsp3) is 0.688. The summed E-state index contributed by atoms with van der Waals surface area (Å²) in [7, 11) is 2.24. The number of nitrogens with zero attached hydrogens (tertiary/aromatic N) is 2. The molecule has 3 nitrogen and oxygen atoms in total. The van der Waals surface area contributed by atoms with Crippen LogP contribution in [0.25, 0.3) is 0 Å². The van der Waals surface area contributed by atoms with Gasteiger partial charge in [-0.15, -0.1) is 0 Å². The molecule has 0 saturated heterocycles. The zero-order valence-corrected chi connectivity index (χ0v) is 11.7. The summed E-state index contributed by atoms with van der Waals surface area (Å²) in [6, 6.07) is 1.92. The fourth-order valence-corrected chi connectivity index (χ4v) is 5.41. The lowest BCUT2D eigenvalue weighted by molar-refractivity contribution is -0.00198. The van der Waals surface area contributed by atoms with Crippen LogP contribution in [0.3, 0.4) is 0 Å². The minimum absolute atomic E-state index is 0.367. The molecule has 19 heavy (non-hydrogen) atoms. The van der Waals surface area contributed by atoms with Gasteiger partial charge in [-0.25, -0.2) is 0 Å². The van der Waals surface area contributed by atoms with Crippen LogP contribution in [0.5, 0.6) is 0 Å². The SMILES string of the molecule is CN(c1cnccc1N)C12CC3CC(CC(C3)C1)C2. The first kappa shape index (κ1) is 11.6. The number of nitrogen functional groups attached to an aromatic ring is 1. The average Bonchev–Trinajstić information content (AvgIpc) is 2.37. The highest BCUT2D eigenvalue weighted by atomic mass is 15.2. The molecule has 4 aliphatic carbocycles. The highest BCUT2D eigenvalue weighted by Crippen LogP contribution is 2.58. The predicted octanol–water partition coefficient (Wildman–Crippen LogP) is 3.07. The van der Waals surface area contributed by atoms with E-state index in [0.717, 1.165) is 29.1 Å². The molecule has 0 atom stereocenters. The third-order valence-electron chi connectivity index (χ3n) is 5.91. The topological polar surface area (TPSA) is 42.2 Å². The molecule has 5 rings (SSSR count). The first-order chi connectivity index (χ1) is 9.16. The van der Waals surface area contributed by atoms with Gasteiger partial charge in [0, 0.05) is 18.8 Å². The Hall–Kier alpha value is -1.25. The number of pyridine rings is 1. The van der Waals surface area contributed by atoms with E-state index in [9.17, 15) is 0 Å². The van der Waals surface area contributed by atoms with E-state index in [1.165, 1.54) is 38.5 Å². The normalized spacial score (nSPS) is 39.5. The lowest BCUT2D eigenvalue weighted by Gasteiger charge is -2.60. The van der Waals surface area contributed by atoms with E-state index in [-0.39, 0.29) is 0 Å². The van der Waals surface area contributed by atoms with Gasteiger partial charge in [-0.3, -0.25) is 4.98 Å².